The Bertz CT molecular complexity index is 427. The average molecular weight is 266 g/mol. The van der Waals surface area contributed by atoms with Gasteiger partial charge >= 0.3 is 0 Å². The number of nitrogens with two attached hydrogens (primary N) is 1. The van der Waals surface area contributed by atoms with Crippen LogP contribution in [-0.2, 0) is 0 Å². The van der Waals surface area contributed by atoms with Gasteiger partial charge in [-0.2, -0.15) is 0 Å². The molecular formula is C12H22N6O. The Labute approximate surface area is 113 Å². The van der Waals surface area contributed by atoms with Crippen molar-refractivity contribution in [3.63, 3.8) is 0 Å². The van der Waals surface area contributed by atoms with Gasteiger partial charge in [-0.15, -0.1) is 0 Å². The van der Waals surface area contributed by atoms with Gasteiger partial charge in [-0.05, 0) is 25.9 Å². The van der Waals surface area contributed by atoms with E-state index in [1.165, 1.54) is 12.7 Å². The molecule has 1 saturated heterocycles. The molecule has 1 unspecified atom stereocenters. The molecule has 1 atom stereocenters. The van der Waals surface area contributed by atoms with Crippen molar-refractivity contribution in [1.29, 1.82) is 0 Å². The van der Waals surface area contributed by atoms with E-state index in [0.29, 0.717) is 17.5 Å². The second-order valence-corrected chi connectivity index (χ2v) is 5.02. The lowest BCUT2D eigenvalue weighted by atomic mass is 10.1. The zero-order valence-corrected chi connectivity index (χ0v) is 11.8. The summed E-state index contributed by atoms with van der Waals surface area (Å²) in [7, 11) is 5.77. The maximum absolute atomic E-state index is 5.43. The number of methoxy groups -OCH3 is 1. The lowest BCUT2D eigenvalue weighted by Crippen LogP contribution is -2.28. The number of aromatic nitrogens is 2. The highest BCUT2D eigenvalue weighted by atomic mass is 16.5. The van der Waals surface area contributed by atoms with Gasteiger partial charge in [-0.3, -0.25) is 0 Å². The summed E-state index contributed by atoms with van der Waals surface area (Å²) < 4.78 is 5.35. The van der Waals surface area contributed by atoms with Gasteiger partial charge in [-0.25, -0.2) is 15.8 Å². The molecule has 1 fully saturated rings. The molecule has 106 valence electrons. The van der Waals surface area contributed by atoms with Crippen LogP contribution in [0.4, 0.5) is 11.6 Å². The van der Waals surface area contributed by atoms with Crippen LogP contribution < -0.4 is 20.9 Å². The summed E-state index contributed by atoms with van der Waals surface area (Å²) in [5, 5.41) is 0. The van der Waals surface area contributed by atoms with Gasteiger partial charge in [0.2, 0.25) is 5.75 Å². The molecule has 0 spiro atoms. The molecular weight excluding hydrogens is 244 g/mol. The van der Waals surface area contributed by atoms with E-state index >= 15 is 0 Å². The number of hydrazine groups is 1. The molecule has 0 bridgehead atoms. The first-order valence-electron chi connectivity index (χ1n) is 6.41. The molecule has 19 heavy (non-hydrogen) atoms. The van der Waals surface area contributed by atoms with Crippen LogP contribution in [0.2, 0.25) is 0 Å². The van der Waals surface area contributed by atoms with Crippen LogP contribution in [0, 0.1) is 5.92 Å². The Balaban J connectivity index is 2.12. The molecule has 1 aromatic rings. The molecule has 0 amide bonds. The van der Waals surface area contributed by atoms with E-state index in [2.05, 4.69) is 32.2 Å². The second-order valence-electron chi connectivity index (χ2n) is 5.02. The fourth-order valence-electron chi connectivity index (χ4n) is 2.58. The summed E-state index contributed by atoms with van der Waals surface area (Å²) >= 11 is 0. The minimum absolute atomic E-state index is 0.503. The van der Waals surface area contributed by atoms with Crippen molar-refractivity contribution in [2.75, 3.05) is 51.2 Å². The van der Waals surface area contributed by atoms with E-state index in [-0.39, 0.29) is 0 Å². The van der Waals surface area contributed by atoms with Crippen molar-refractivity contribution < 1.29 is 4.74 Å². The summed E-state index contributed by atoms with van der Waals surface area (Å²) in [5.41, 5.74) is 2.53. The molecule has 0 radical (unpaired) electrons. The van der Waals surface area contributed by atoms with Crippen molar-refractivity contribution in [3.05, 3.63) is 6.33 Å². The summed E-state index contributed by atoms with van der Waals surface area (Å²) in [4.78, 5) is 12.8. The number of anilines is 2. The molecule has 0 saturated carbocycles. The Morgan fingerprint density at radius 2 is 2.37 bits per heavy atom. The third kappa shape index (κ3) is 3.05. The van der Waals surface area contributed by atoms with Gasteiger partial charge in [-0.1, -0.05) is 0 Å². The smallest absolute Gasteiger partial charge is 0.205 e. The topological polar surface area (TPSA) is 79.5 Å². The predicted molar refractivity (Wildman–Crippen MR) is 75.3 cm³/mol. The van der Waals surface area contributed by atoms with Crippen LogP contribution in [0.25, 0.3) is 0 Å². The Morgan fingerprint density at radius 1 is 1.58 bits per heavy atom. The number of nitrogen functional groups attached to an aromatic ring is 1. The molecule has 0 aliphatic carbocycles. The van der Waals surface area contributed by atoms with Crippen LogP contribution in [0.15, 0.2) is 6.33 Å². The Kier molecular flexibility index (Phi) is 4.39. The van der Waals surface area contributed by atoms with Gasteiger partial charge < -0.3 is 20.0 Å². The van der Waals surface area contributed by atoms with Crippen LogP contribution in [0.3, 0.4) is 0 Å². The highest BCUT2D eigenvalue weighted by Gasteiger charge is 2.23. The fourth-order valence-corrected chi connectivity index (χ4v) is 2.58. The van der Waals surface area contributed by atoms with Crippen LogP contribution >= 0.6 is 0 Å². The van der Waals surface area contributed by atoms with E-state index in [1.807, 2.05) is 7.05 Å². The van der Waals surface area contributed by atoms with Crippen molar-refractivity contribution in [2.45, 2.75) is 6.42 Å². The van der Waals surface area contributed by atoms with E-state index < -0.39 is 0 Å². The highest BCUT2D eigenvalue weighted by molar-refractivity contribution is 5.64. The molecule has 1 aliphatic heterocycles. The first-order chi connectivity index (χ1) is 9.15. The summed E-state index contributed by atoms with van der Waals surface area (Å²) in [6.45, 7) is 3.23. The summed E-state index contributed by atoms with van der Waals surface area (Å²) in [5.74, 6) is 7.94. The number of hydrogen-bond donors (Lipinski definition) is 2. The molecule has 3 N–H and O–H groups in total. The highest BCUT2D eigenvalue weighted by Crippen LogP contribution is 2.31. The zero-order chi connectivity index (χ0) is 13.8. The number of likely N-dealkylation sites (tertiary alicyclic amines) is 1. The van der Waals surface area contributed by atoms with Crippen LogP contribution in [0.5, 0.6) is 5.75 Å². The van der Waals surface area contributed by atoms with Crippen LogP contribution in [-0.4, -0.2) is 55.7 Å². The van der Waals surface area contributed by atoms with E-state index in [1.54, 1.807) is 7.11 Å². The minimum Gasteiger partial charge on any atom is -0.490 e. The SMILES string of the molecule is COc1c(NN)ncnc1N(C)CC1CCN(C)C1. The van der Waals surface area contributed by atoms with E-state index in [0.717, 1.165) is 25.5 Å². The molecule has 2 rings (SSSR count). The van der Waals surface area contributed by atoms with Gasteiger partial charge in [0.15, 0.2) is 11.6 Å². The molecule has 1 aromatic heterocycles. The molecule has 2 heterocycles. The molecule has 7 heteroatoms. The number of rotatable bonds is 5. The first kappa shape index (κ1) is 13.8. The van der Waals surface area contributed by atoms with Crippen molar-refractivity contribution in [1.82, 2.24) is 14.9 Å². The van der Waals surface area contributed by atoms with Crippen molar-refractivity contribution in [3.8, 4) is 5.75 Å². The first-order valence-corrected chi connectivity index (χ1v) is 6.41. The number of hydrogen-bond acceptors (Lipinski definition) is 7. The Hall–Kier alpha value is -1.60. The lowest BCUT2D eigenvalue weighted by Gasteiger charge is -2.24. The maximum atomic E-state index is 5.43. The van der Waals surface area contributed by atoms with Gasteiger partial charge in [0, 0.05) is 20.1 Å². The third-order valence-corrected chi connectivity index (χ3v) is 3.51. The number of nitrogens with one attached hydrogen (secondary N) is 1. The van der Waals surface area contributed by atoms with Gasteiger partial charge in [0.1, 0.15) is 6.33 Å². The molecule has 0 aromatic carbocycles. The summed E-state index contributed by atoms with van der Waals surface area (Å²) in [6.07, 6.45) is 2.71. The largest absolute Gasteiger partial charge is 0.490 e. The predicted octanol–water partition coefficient (Wildman–Crippen LogP) is 0.159. The second kappa shape index (κ2) is 6.03. The standard InChI is InChI=1S/C12H22N6O/c1-17-5-4-9(6-17)7-18(2)12-10(19-3)11(16-13)14-8-15-12/h8-9H,4-7,13H2,1-3H3,(H,14,15,16). The number of ether oxygens (including phenoxy) is 1. The third-order valence-electron chi connectivity index (χ3n) is 3.51. The minimum atomic E-state index is 0.503. The quantitative estimate of drug-likeness (QED) is 0.580. The molecule has 7 nitrogen and oxygen atoms in total. The monoisotopic (exact) mass is 266 g/mol. The van der Waals surface area contributed by atoms with E-state index in [4.69, 9.17) is 10.6 Å². The normalized spacial score (nSPS) is 19.5. The summed E-state index contributed by atoms with van der Waals surface area (Å²) in [6, 6.07) is 0. The van der Waals surface area contributed by atoms with Gasteiger partial charge in [0.05, 0.1) is 7.11 Å². The van der Waals surface area contributed by atoms with Crippen LogP contribution in [0.1, 0.15) is 6.42 Å². The fraction of sp³-hybridized carbons (Fsp3) is 0.667. The van der Waals surface area contributed by atoms with Crippen molar-refractivity contribution >= 4 is 11.6 Å². The lowest BCUT2D eigenvalue weighted by molar-refractivity contribution is 0.393. The van der Waals surface area contributed by atoms with Gasteiger partial charge in [0.25, 0.3) is 0 Å². The van der Waals surface area contributed by atoms with E-state index in [9.17, 15) is 0 Å². The average Bonchev–Trinajstić information content (AvgIpc) is 2.82. The maximum Gasteiger partial charge on any atom is 0.205 e. The number of nitrogens with zero attached hydrogens (tertiary/aromatic N) is 4. The van der Waals surface area contributed by atoms with Crippen molar-refractivity contribution in [2.24, 2.45) is 11.8 Å². The Morgan fingerprint density at radius 3 is 2.95 bits per heavy atom. The molecule has 1 aliphatic rings. The zero-order valence-electron chi connectivity index (χ0n) is 11.8.